The van der Waals surface area contributed by atoms with Gasteiger partial charge in [-0.1, -0.05) is 13.8 Å². The van der Waals surface area contributed by atoms with Crippen LogP contribution in [-0.2, 0) is 4.74 Å². The molecule has 1 saturated heterocycles. The lowest BCUT2D eigenvalue weighted by atomic mass is 10.2. The molecule has 7 heteroatoms. The highest BCUT2D eigenvalue weighted by atomic mass is 16.5. The predicted molar refractivity (Wildman–Crippen MR) is 72.1 cm³/mol. The second-order valence-electron chi connectivity index (χ2n) is 5.04. The molecule has 2 N–H and O–H groups in total. The van der Waals surface area contributed by atoms with Gasteiger partial charge in [0, 0.05) is 19.0 Å². The summed E-state index contributed by atoms with van der Waals surface area (Å²) in [4.78, 5) is 21.6. The molecule has 0 radical (unpaired) electrons. The predicted octanol–water partition coefficient (Wildman–Crippen LogP) is 0.496. The molecule has 0 saturated carbocycles. The van der Waals surface area contributed by atoms with Crippen molar-refractivity contribution in [3.05, 3.63) is 17.7 Å². The maximum Gasteiger partial charge on any atom is 0.356 e. The molecule has 0 aliphatic carbocycles. The number of hydrogen-bond donors (Lipinski definition) is 2. The Labute approximate surface area is 117 Å². The topological polar surface area (TPSA) is 95.8 Å². The molecule has 1 fully saturated rings. The first-order valence-corrected chi connectivity index (χ1v) is 6.60. The summed E-state index contributed by atoms with van der Waals surface area (Å²) in [6, 6.07) is 0. The van der Waals surface area contributed by atoms with E-state index in [1.165, 1.54) is 0 Å². The van der Waals surface area contributed by atoms with Crippen molar-refractivity contribution in [2.24, 2.45) is 0 Å². The van der Waals surface area contributed by atoms with Crippen molar-refractivity contribution >= 4 is 11.7 Å². The van der Waals surface area contributed by atoms with Crippen molar-refractivity contribution in [3.8, 4) is 0 Å². The molecule has 1 aromatic rings. The molecule has 20 heavy (non-hydrogen) atoms. The number of carboxylic acid groups (broad SMARTS) is 1. The zero-order valence-corrected chi connectivity index (χ0v) is 11.6. The molecule has 2 rings (SSSR count). The molecule has 1 aliphatic heterocycles. The molecule has 2 heterocycles. The number of hydrogen-bond acceptors (Lipinski definition) is 6. The molecule has 1 aromatic heterocycles. The molecule has 0 amide bonds. The Morgan fingerprint density at radius 1 is 1.60 bits per heavy atom. The van der Waals surface area contributed by atoms with Crippen LogP contribution in [0.25, 0.3) is 0 Å². The highest BCUT2D eigenvalue weighted by Crippen LogP contribution is 2.22. The summed E-state index contributed by atoms with van der Waals surface area (Å²) in [5.41, 5.74) is 0.478. The van der Waals surface area contributed by atoms with Crippen molar-refractivity contribution in [2.75, 3.05) is 31.2 Å². The minimum Gasteiger partial charge on any atom is -0.476 e. The SMILES string of the molecule is CC(C)c1ncc(N2CCOC(CO)C2)c(C(=O)O)n1. The maximum atomic E-state index is 11.4. The number of rotatable bonds is 4. The van der Waals surface area contributed by atoms with E-state index in [9.17, 15) is 9.90 Å². The van der Waals surface area contributed by atoms with E-state index < -0.39 is 5.97 Å². The van der Waals surface area contributed by atoms with Gasteiger partial charge in [0.2, 0.25) is 0 Å². The number of aromatic carboxylic acids is 1. The van der Waals surface area contributed by atoms with Crippen LogP contribution in [0, 0.1) is 0 Å². The van der Waals surface area contributed by atoms with E-state index in [0.29, 0.717) is 31.2 Å². The number of nitrogens with zero attached hydrogens (tertiary/aromatic N) is 3. The van der Waals surface area contributed by atoms with Gasteiger partial charge in [0.15, 0.2) is 5.69 Å². The van der Waals surface area contributed by atoms with Crippen molar-refractivity contribution in [1.82, 2.24) is 9.97 Å². The average Bonchev–Trinajstić information content (AvgIpc) is 2.46. The van der Waals surface area contributed by atoms with Crippen LogP contribution in [0.1, 0.15) is 36.1 Å². The zero-order chi connectivity index (χ0) is 14.7. The number of carboxylic acids is 1. The fraction of sp³-hybridized carbons (Fsp3) is 0.615. The zero-order valence-electron chi connectivity index (χ0n) is 11.6. The van der Waals surface area contributed by atoms with Gasteiger partial charge in [-0.05, 0) is 0 Å². The summed E-state index contributed by atoms with van der Waals surface area (Å²) in [6.07, 6.45) is 1.24. The molecule has 0 spiro atoms. The lowest BCUT2D eigenvalue weighted by molar-refractivity contribution is 0.00345. The number of carbonyl (C=O) groups is 1. The normalized spacial score (nSPS) is 19.4. The summed E-state index contributed by atoms with van der Waals surface area (Å²) < 4.78 is 5.36. The molecule has 0 bridgehead atoms. The lowest BCUT2D eigenvalue weighted by Crippen LogP contribution is -2.44. The highest BCUT2D eigenvalue weighted by molar-refractivity contribution is 5.92. The van der Waals surface area contributed by atoms with Gasteiger partial charge in [-0.2, -0.15) is 0 Å². The molecule has 1 aliphatic rings. The summed E-state index contributed by atoms with van der Waals surface area (Å²) in [5.74, 6) is -0.494. The van der Waals surface area contributed by atoms with Gasteiger partial charge >= 0.3 is 5.97 Å². The van der Waals surface area contributed by atoms with E-state index in [4.69, 9.17) is 9.84 Å². The van der Waals surface area contributed by atoms with E-state index in [-0.39, 0.29) is 24.3 Å². The van der Waals surface area contributed by atoms with E-state index in [0.717, 1.165) is 0 Å². The number of morpholine rings is 1. The Morgan fingerprint density at radius 3 is 2.95 bits per heavy atom. The second kappa shape index (κ2) is 6.15. The number of aliphatic hydroxyl groups excluding tert-OH is 1. The average molecular weight is 281 g/mol. The minimum atomic E-state index is -1.07. The van der Waals surface area contributed by atoms with Gasteiger partial charge in [-0.15, -0.1) is 0 Å². The van der Waals surface area contributed by atoms with E-state index in [1.807, 2.05) is 18.7 Å². The van der Waals surface area contributed by atoms with Crippen molar-refractivity contribution in [1.29, 1.82) is 0 Å². The van der Waals surface area contributed by atoms with E-state index in [1.54, 1.807) is 6.20 Å². The van der Waals surface area contributed by atoms with Crippen LogP contribution in [0.2, 0.25) is 0 Å². The standard InChI is InChI=1S/C13H19N3O4/c1-8(2)12-14-5-10(11(15-12)13(18)19)16-3-4-20-9(6-16)7-17/h5,8-9,17H,3-4,6-7H2,1-2H3,(H,18,19). The molecule has 110 valence electrons. The fourth-order valence-corrected chi connectivity index (χ4v) is 2.10. The third kappa shape index (κ3) is 3.05. The molecular formula is C13H19N3O4. The third-order valence-corrected chi connectivity index (χ3v) is 3.19. The van der Waals surface area contributed by atoms with Gasteiger partial charge in [0.05, 0.1) is 31.2 Å². The first-order chi connectivity index (χ1) is 9.52. The first-order valence-electron chi connectivity index (χ1n) is 6.60. The Hall–Kier alpha value is -1.73. The smallest absolute Gasteiger partial charge is 0.356 e. The van der Waals surface area contributed by atoms with Crippen molar-refractivity contribution < 1.29 is 19.7 Å². The lowest BCUT2D eigenvalue weighted by Gasteiger charge is -2.33. The minimum absolute atomic E-state index is 0.00212. The van der Waals surface area contributed by atoms with Gasteiger partial charge in [0.25, 0.3) is 0 Å². The monoisotopic (exact) mass is 281 g/mol. The van der Waals surface area contributed by atoms with Crippen LogP contribution in [0.3, 0.4) is 0 Å². The van der Waals surface area contributed by atoms with E-state index in [2.05, 4.69) is 9.97 Å². The van der Waals surface area contributed by atoms with Crippen LogP contribution in [0.4, 0.5) is 5.69 Å². The maximum absolute atomic E-state index is 11.4. The molecular weight excluding hydrogens is 262 g/mol. The van der Waals surface area contributed by atoms with Crippen LogP contribution in [0.15, 0.2) is 6.20 Å². The summed E-state index contributed by atoms with van der Waals surface area (Å²) in [6.45, 7) is 5.16. The van der Waals surface area contributed by atoms with Crippen LogP contribution < -0.4 is 4.90 Å². The summed E-state index contributed by atoms with van der Waals surface area (Å²) in [7, 11) is 0. The van der Waals surface area contributed by atoms with Gasteiger partial charge in [0.1, 0.15) is 5.82 Å². The summed E-state index contributed by atoms with van der Waals surface area (Å²) in [5, 5.41) is 18.5. The van der Waals surface area contributed by atoms with Crippen LogP contribution in [0.5, 0.6) is 0 Å². The van der Waals surface area contributed by atoms with Gasteiger partial charge in [-0.25, -0.2) is 14.8 Å². The second-order valence-corrected chi connectivity index (χ2v) is 5.04. The van der Waals surface area contributed by atoms with Crippen LogP contribution in [-0.4, -0.2) is 58.6 Å². The van der Waals surface area contributed by atoms with Gasteiger partial charge in [-0.3, -0.25) is 0 Å². The molecule has 1 atom stereocenters. The van der Waals surface area contributed by atoms with Crippen molar-refractivity contribution in [2.45, 2.75) is 25.9 Å². The summed E-state index contributed by atoms with van der Waals surface area (Å²) >= 11 is 0. The largest absolute Gasteiger partial charge is 0.476 e. The third-order valence-electron chi connectivity index (χ3n) is 3.19. The Kier molecular flexibility index (Phi) is 4.51. The van der Waals surface area contributed by atoms with Crippen molar-refractivity contribution in [3.63, 3.8) is 0 Å². The number of ether oxygens (including phenoxy) is 1. The molecule has 1 unspecified atom stereocenters. The highest BCUT2D eigenvalue weighted by Gasteiger charge is 2.25. The van der Waals surface area contributed by atoms with Gasteiger partial charge < -0.3 is 19.8 Å². The van der Waals surface area contributed by atoms with E-state index >= 15 is 0 Å². The number of aliphatic hydroxyl groups is 1. The number of anilines is 1. The molecule has 0 aromatic carbocycles. The Morgan fingerprint density at radius 2 is 2.35 bits per heavy atom. The Balaban J connectivity index is 2.32. The number of aromatic nitrogens is 2. The Bertz CT molecular complexity index is 493. The van der Waals surface area contributed by atoms with Crippen LogP contribution >= 0.6 is 0 Å². The molecule has 7 nitrogen and oxygen atoms in total. The quantitative estimate of drug-likeness (QED) is 0.829. The fourth-order valence-electron chi connectivity index (χ4n) is 2.10. The first kappa shape index (κ1) is 14.7.